The molecule has 0 aliphatic carbocycles. The lowest BCUT2D eigenvalue weighted by Crippen LogP contribution is -2.10. The number of amides is 1. The minimum atomic E-state index is -0.0542. The highest BCUT2D eigenvalue weighted by molar-refractivity contribution is 9.11. The van der Waals surface area contributed by atoms with Crippen LogP contribution >= 0.6 is 38.9 Å². The summed E-state index contributed by atoms with van der Waals surface area (Å²) in [6, 6.07) is 9.84. The van der Waals surface area contributed by atoms with Crippen molar-refractivity contribution in [2.75, 3.05) is 11.2 Å². The average molecular weight is 360 g/mol. The molecule has 0 saturated heterocycles. The van der Waals surface area contributed by atoms with Crippen molar-refractivity contribution in [3.63, 3.8) is 0 Å². The molecule has 2 aromatic rings. The first-order valence-electron chi connectivity index (χ1n) is 5.78. The summed E-state index contributed by atoms with van der Waals surface area (Å²) < 4.78 is 0.909. The zero-order valence-electron chi connectivity index (χ0n) is 10.0. The normalized spacial score (nSPS) is 10.4. The third-order valence-corrected chi connectivity index (χ3v) is 4.30. The van der Waals surface area contributed by atoms with Crippen LogP contribution in [0, 0.1) is 0 Å². The Labute approximate surface area is 129 Å². The van der Waals surface area contributed by atoms with Gasteiger partial charge in [0.1, 0.15) is 0 Å². The van der Waals surface area contributed by atoms with Crippen molar-refractivity contribution in [1.82, 2.24) is 4.98 Å². The van der Waals surface area contributed by atoms with Crippen LogP contribution in [0.25, 0.3) is 11.3 Å². The smallest absolute Gasteiger partial charge is 0.226 e. The lowest BCUT2D eigenvalue weighted by molar-refractivity contribution is -0.116. The molecule has 0 atom stereocenters. The molecular formula is C13H12BrClN2OS. The van der Waals surface area contributed by atoms with Gasteiger partial charge in [0.2, 0.25) is 5.91 Å². The minimum Gasteiger partial charge on any atom is -0.302 e. The van der Waals surface area contributed by atoms with Gasteiger partial charge >= 0.3 is 0 Å². The maximum absolute atomic E-state index is 11.6. The van der Waals surface area contributed by atoms with Gasteiger partial charge in [0, 0.05) is 17.9 Å². The van der Waals surface area contributed by atoms with Gasteiger partial charge in [-0.05, 0) is 22.4 Å². The van der Waals surface area contributed by atoms with Crippen molar-refractivity contribution in [2.24, 2.45) is 0 Å². The van der Waals surface area contributed by atoms with Crippen LogP contribution in [0.5, 0.6) is 0 Å². The standard InChI is InChI=1S/C13H12BrClN2OS/c14-12-11(9-5-2-1-3-6-9)17-13(19-12)16-10(18)7-4-8-15/h1-3,5-6H,4,7-8H2,(H,16,17,18). The van der Waals surface area contributed by atoms with E-state index in [4.69, 9.17) is 11.6 Å². The summed E-state index contributed by atoms with van der Waals surface area (Å²) in [4.78, 5) is 16.0. The summed E-state index contributed by atoms with van der Waals surface area (Å²) >= 11 is 10.4. The number of hydrogen-bond acceptors (Lipinski definition) is 3. The van der Waals surface area contributed by atoms with Crippen LogP contribution in [0.3, 0.4) is 0 Å². The Kier molecular flexibility index (Phi) is 5.36. The molecule has 1 heterocycles. The number of carbonyl (C=O) groups is 1. The predicted molar refractivity (Wildman–Crippen MR) is 83.8 cm³/mol. The molecule has 3 nitrogen and oxygen atoms in total. The molecule has 0 fully saturated rings. The van der Waals surface area contributed by atoms with E-state index in [0.717, 1.165) is 15.0 Å². The van der Waals surface area contributed by atoms with Gasteiger partial charge in [0.05, 0.1) is 9.48 Å². The van der Waals surface area contributed by atoms with E-state index < -0.39 is 0 Å². The van der Waals surface area contributed by atoms with Gasteiger partial charge in [-0.2, -0.15) is 0 Å². The van der Waals surface area contributed by atoms with Gasteiger partial charge in [-0.15, -0.1) is 11.6 Å². The van der Waals surface area contributed by atoms with E-state index in [9.17, 15) is 4.79 Å². The molecule has 0 bridgehead atoms. The van der Waals surface area contributed by atoms with Crippen LogP contribution in [0.15, 0.2) is 34.1 Å². The summed E-state index contributed by atoms with van der Waals surface area (Å²) in [6.07, 6.45) is 1.09. The Balaban J connectivity index is 2.11. The largest absolute Gasteiger partial charge is 0.302 e. The van der Waals surface area contributed by atoms with Crippen LogP contribution in [0.1, 0.15) is 12.8 Å². The summed E-state index contributed by atoms with van der Waals surface area (Å²) in [7, 11) is 0. The minimum absolute atomic E-state index is 0.0542. The molecule has 0 aliphatic rings. The second kappa shape index (κ2) is 7.03. The molecule has 1 aromatic carbocycles. The second-order valence-electron chi connectivity index (χ2n) is 3.85. The van der Waals surface area contributed by atoms with Crippen molar-refractivity contribution in [2.45, 2.75) is 12.8 Å². The lowest BCUT2D eigenvalue weighted by Gasteiger charge is -1.99. The van der Waals surface area contributed by atoms with E-state index >= 15 is 0 Å². The van der Waals surface area contributed by atoms with Crippen LogP contribution in [0.2, 0.25) is 0 Å². The highest BCUT2D eigenvalue weighted by atomic mass is 79.9. The molecule has 0 unspecified atom stereocenters. The number of alkyl halides is 1. The molecular weight excluding hydrogens is 348 g/mol. The van der Waals surface area contributed by atoms with E-state index in [0.29, 0.717) is 23.9 Å². The molecule has 1 amide bonds. The number of carbonyl (C=O) groups excluding carboxylic acids is 1. The number of aromatic nitrogens is 1. The number of rotatable bonds is 5. The fourth-order valence-corrected chi connectivity index (χ4v) is 3.18. The van der Waals surface area contributed by atoms with Crippen LogP contribution in [-0.2, 0) is 4.79 Å². The van der Waals surface area contributed by atoms with Gasteiger partial charge in [0.25, 0.3) is 0 Å². The molecule has 2 rings (SSSR count). The molecule has 19 heavy (non-hydrogen) atoms. The van der Waals surface area contributed by atoms with Crippen molar-refractivity contribution >= 4 is 49.9 Å². The van der Waals surface area contributed by atoms with Gasteiger partial charge in [-0.25, -0.2) is 4.98 Å². The van der Waals surface area contributed by atoms with Crippen LogP contribution in [0.4, 0.5) is 5.13 Å². The van der Waals surface area contributed by atoms with Crippen LogP contribution < -0.4 is 5.32 Å². The molecule has 1 aromatic heterocycles. The van der Waals surface area contributed by atoms with E-state index in [1.54, 1.807) is 0 Å². The Morgan fingerprint density at radius 1 is 1.37 bits per heavy atom. The Hall–Kier alpha value is -0.910. The lowest BCUT2D eigenvalue weighted by atomic mass is 10.2. The van der Waals surface area contributed by atoms with Gasteiger partial charge in [-0.3, -0.25) is 4.79 Å². The molecule has 0 aliphatic heterocycles. The number of nitrogens with zero attached hydrogens (tertiary/aromatic N) is 1. The molecule has 0 saturated carbocycles. The zero-order valence-corrected chi connectivity index (χ0v) is 13.2. The number of nitrogens with one attached hydrogen (secondary N) is 1. The zero-order chi connectivity index (χ0) is 13.7. The van der Waals surface area contributed by atoms with Crippen molar-refractivity contribution in [1.29, 1.82) is 0 Å². The monoisotopic (exact) mass is 358 g/mol. The molecule has 6 heteroatoms. The maximum atomic E-state index is 11.6. The summed E-state index contributed by atoms with van der Waals surface area (Å²) in [5.74, 6) is 0.436. The van der Waals surface area contributed by atoms with Crippen molar-refractivity contribution in [3.05, 3.63) is 34.1 Å². The van der Waals surface area contributed by atoms with Gasteiger partial charge < -0.3 is 5.32 Å². The Bertz CT molecular complexity index is 559. The highest BCUT2D eigenvalue weighted by Gasteiger charge is 2.12. The topological polar surface area (TPSA) is 42.0 Å². The first-order chi connectivity index (χ1) is 9.20. The SMILES string of the molecule is O=C(CCCCl)Nc1nc(-c2ccccc2)c(Br)s1. The molecule has 0 radical (unpaired) electrons. The molecule has 100 valence electrons. The molecule has 0 spiro atoms. The van der Waals surface area contributed by atoms with E-state index in [2.05, 4.69) is 26.2 Å². The summed E-state index contributed by atoms with van der Waals surface area (Å²) in [6.45, 7) is 0. The average Bonchev–Trinajstić information content (AvgIpc) is 2.78. The fraction of sp³-hybridized carbons (Fsp3) is 0.231. The first kappa shape index (κ1) is 14.5. The quantitative estimate of drug-likeness (QED) is 0.797. The summed E-state index contributed by atoms with van der Waals surface area (Å²) in [5.41, 5.74) is 1.87. The molecule has 1 N–H and O–H groups in total. The number of benzene rings is 1. The maximum Gasteiger partial charge on any atom is 0.226 e. The van der Waals surface area contributed by atoms with E-state index in [1.807, 2.05) is 30.3 Å². The van der Waals surface area contributed by atoms with E-state index in [-0.39, 0.29) is 5.91 Å². The van der Waals surface area contributed by atoms with Gasteiger partial charge in [-0.1, -0.05) is 41.7 Å². The van der Waals surface area contributed by atoms with Gasteiger partial charge in [0.15, 0.2) is 5.13 Å². The number of halogens is 2. The second-order valence-corrected chi connectivity index (χ2v) is 6.54. The van der Waals surface area contributed by atoms with Crippen molar-refractivity contribution in [3.8, 4) is 11.3 Å². The highest BCUT2D eigenvalue weighted by Crippen LogP contribution is 2.35. The number of thiazole rings is 1. The third-order valence-electron chi connectivity index (χ3n) is 2.42. The Morgan fingerprint density at radius 3 is 2.79 bits per heavy atom. The first-order valence-corrected chi connectivity index (χ1v) is 7.92. The van der Waals surface area contributed by atoms with Crippen molar-refractivity contribution < 1.29 is 4.79 Å². The summed E-state index contributed by atoms with van der Waals surface area (Å²) in [5, 5.41) is 3.39. The van der Waals surface area contributed by atoms with E-state index in [1.165, 1.54) is 11.3 Å². The third kappa shape index (κ3) is 4.03. The predicted octanol–water partition coefficient (Wildman–Crippen LogP) is 4.53. The number of anilines is 1. The number of hydrogen-bond donors (Lipinski definition) is 1. The fourth-order valence-electron chi connectivity index (χ4n) is 1.54. The Morgan fingerprint density at radius 2 is 2.11 bits per heavy atom. The van der Waals surface area contributed by atoms with Crippen LogP contribution in [-0.4, -0.2) is 16.8 Å².